The number of anilines is 1. The zero-order chi connectivity index (χ0) is 9.26. The lowest BCUT2D eigenvalue weighted by Crippen LogP contribution is -2.08. The zero-order valence-corrected chi connectivity index (χ0v) is 7.03. The summed E-state index contributed by atoms with van der Waals surface area (Å²) in [5, 5.41) is 2.51. The van der Waals surface area contributed by atoms with Crippen molar-refractivity contribution in [1.82, 2.24) is 15.0 Å². The molecular weight excluding hydrogens is 168 g/mol. The van der Waals surface area contributed by atoms with Crippen LogP contribution in [0.4, 0.5) is 5.95 Å². The van der Waals surface area contributed by atoms with Gasteiger partial charge in [0, 0.05) is 13.1 Å². The van der Waals surface area contributed by atoms with Crippen LogP contribution in [0.5, 0.6) is 0 Å². The number of nitrogens with one attached hydrogen (secondary N) is 2. The largest absolute Gasteiger partial charge is 0.359 e. The quantitative estimate of drug-likeness (QED) is 0.678. The monoisotopic (exact) mass is 176 g/mol. The molecule has 0 aromatic carbocycles. The molecular formula is C8H8N4O. The summed E-state index contributed by atoms with van der Waals surface area (Å²) < 4.78 is 0. The number of rotatable bonds is 1. The van der Waals surface area contributed by atoms with Crippen LogP contribution >= 0.6 is 0 Å². The van der Waals surface area contributed by atoms with Crippen molar-refractivity contribution in [1.29, 1.82) is 0 Å². The summed E-state index contributed by atoms with van der Waals surface area (Å²) in [4.78, 5) is 21.7. The first-order valence-electron chi connectivity index (χ1n) is 3.83. The third kappa shape index (κ3) is 1.48. The fourth-order valence-corrected chi connectivity index (χ4v) is 1.06. The first-order chi connectivity index (χ1) is 6.25. The molecule has 0 bridgehead atoms. The number of aromatic nitrogens is 3. The van der Waals surface area contributed by atoms with Crippen molar-refractivity contribution < 1.29 is 4.79 Å². The molecule has 0 spiro atoms. The number of fused-ring (bicyclic) bond motifs is 1. The molecule has 0 radical (unpaired) electrons. The van der Waals surface area contributed by atoms with E-state index >= 15 is 0 Å². The molecule has 0 saturated heterocycles. The van der Waals surface area contributed by atoms with E-state index in [9.17, 15) is 4.79 Å². The lowest BCUT2D eigenvalue weighted by atomic mass is 10.5. The van der Waals surface area contributed by atoms with Gasteiger partial charge < -0.3 is 4.98 Å². The number of amides is 1. The van der Waals surface area contributed by atoms with Crippen LogP contribution in [0.25, 0.3) is 11.0 Å². The van der Waals surface area contributed by atoms with Gasteiger partial charge in [-0.3, -0.25) is 10.1 Å². The fraction of sp³-hybridized carbons (Fsp3) is 0.125. The topological polar surface area (TPSA) is 70.7 Å². The predicted molar refractivity (Wildman–Crippen MR) is 48.2 cm³/mol. The Balaban J connectivity index is 2.42. The highest BCUT2D eigenvalue weighted by atomic mass is 16.1. The van der Waals surface area contributed by atoms with Gasteiger partial charge in [0.1, 0.15) is 0 Å². The third-order valence-electron chi connectivity index (χ3n) is 1.59. The summed E-state index contributed by atoms with van der Waals surface area (Å²) in [6.45, 7) is 1.42. The van der Waals surface area contributed by atoms with Crippen molar-refractivity contribution in [2.45, 2.75) is 6.92 Å². The molecule has 2 aromatic rings. The van der Waals surface area contributed by atoms with Crippen molar-refractivity contribution in [2.75, 3.05) is 5.32 Å². The van der Waals surface area contributed by atoms with Crippen molar-refractivity contribution >= 4 is 22.9 Å². The van der Waals surface area contributed by atoms with E-state index in [1.54, 1.807) is 12.4 Å². The van der Waals surface area contributed by atoms with Crippen LogP contribution in [0, 0.1) is 0 Å². The molecule has 5 heteroatoms. The first-order valence-corrected chi connectivity index (χ1v) is 3.83. The zero-order valence-electron chi connectivity index (χ0n) is 7.03. The van der Waals surface area contributed by atoms with Crippen LogP contribution in [-0.4, -0.2) is 20.9 Å². The summed E-state index contributed by atoms with van der Waals surface area (Å²) in [6.07, 6.45) is 3.41. The second-order valence-electron chi connectivity index (χ2n) is 2.65. The Labute approximate surface area is 74.2 Å². The molecule has 13 heavy (non-hydrogen) atoms. The number of H-pyrrole nitrogens is 1. The molecule has 0 unspecified atom stereocenters. The molecule has 2 rings (SSSR count). The summed E-state index contributed by atoms with van der Waals surface area (Å²) in [7, 11) is 0. The van der Waals surface area contributed by atoms with Crippen LogP contribution in [0.3, 0.4) is 0 Å². The van der Waals surface area contributed by atoms with Crippen LogP contribution in [0.1, 0.15) is 6.92 Å². The molecule has 2 N–H and O–H groups in total. The molecule has 0 saturated carbocycles. The summed E-state index contributed by atoms with van der Waals surface area (Å²) in [6, 6.07) is 1.82. The van der Waals surface area contributed by atoms with Gasteiger partial charge in [0.15, 0.2) is 0 Å². The number of aromatic amines is 1. The predicted octanol–water partition coefficient (Wildman–Crippen LogP) is 0.916. The highest BCUT2D eigenvalue weighted by Crippen LogP contribution is 2.09. The molecule has 2 heterocycles. The van der Waals surface area contributed by atoms with E-state index in [1.165, 1.54) is 6.92 Å². The van der Waals surface area contributed by atoms with E-state index < -0.39 is 0 Å². The highest BCUT2D eigenvalue weighted by Gasteiger charge is 2.00. The molecule has 1 amide bonds. The second-order valence-corrected chi connectivity index (χ2v) is 2.65. The Kier molecular flexibility index (Phi) is 1.70. The molecule has 2 aromatic heterocycles. The van der Waals surface area contributed by atoms with E-state index in [0.717, 1.165) is 11.0 Å². The number of carbonyl (C=O) groups is 1. The lowest BCUT2D eigenvalue weighted by molar-refractivity contribution is -0.114. The molecule has 0 aliphatic rings. The van der Waals surface area contributed by atoms with Gasteiger partial charge in [-0.05, 0) is 6.07 Å². The van der Waals surface area contributed by atoms with E-state index in [2.05, 4.69) is 20.3 Å². The number of hydrogen-bond donors (Lipinski definition) is 2. The molecule has 66 valence electrons. The minimum Gasteiger partial charge on any atom is -0.359 e. The van der Waals surface area contributed by atoms with Gasteiger partial charge in [0.25, 0.3) is 0 Å². The Morgan fingerprint density at radius 2 is 2.46 bits per heavy atom. The summed E-state index contributed by atoms with van der Waals surface area (Å²) in [5.74, 6) is 0.162. The van der Waals surface area contributed by atoms with Crippen LogP contribution in [0.2, 0.25) is 0 Å². The van der Waals surface area contributed by atoms with Gasteiger partial charge in [-0.15, -0.1) is 0 Å². The smallest absolute Gasteiger partial charge is 0.230 e. The van der Waals surface area contributed by atoms with Gasteiger partial charge in [0.05, 0.1) is 17.2 Å². The number of nitrogens with zero attached hydrogens (tertiary/aromatic N) is 2. The van der Waals surface area contributed by atoms with Crippen molar-refractivity contribution in [3.8, 4) is 0 Å². The fourth-order valence-electron chi connectivity index (χ4n) is 1.06. The van der Waals surface area contributed by atoms with Gasteiger partial charge in [-0.25, -0.2) is 9.97 Å². The van der Waals surface area contributed by atoms with Gasteiger partial charge >= 0.3 is 0 Å². The van der Waals surface area contributed by atoms with E-state index in [4.69, 9.17) is 0 Å². The van der Waals surface area contributed by atoms with E-state index in [0.29, 0.717) is 5.95 Å². The minimum atomic E-state index is -0.171. The van der Waals surface area contributed by atoms with E-state index in [1.807, 2.05) is 6.07 Å². The average molecular weight is 176 g/mol. The lowest BCUT2D eigenvalue weighted by Gasteiger charge is -1.98. The summed E-state index contributed by atoms with van der Waals surface area (Å²) in [5.41, 5.74) is 1.65. The van der Waals surface area contributed by atoms with Gasteiger partial charge in [0.2, 0.25) is 11.9 Å². The Morgan fingerprint density at radius 1 is 1.62 bits per heavy atom. The minimum absolute atomic E-state index is 0.171. The first kappa shape index (κ1) is 7.72. The van der Waals surface area contributed by atoms with Crippen LogP contribution in [-0.2, 0) is 4.79 Å². The van der Waals surface area contributed by atoms with Crippen LogP contribution in [0.15, 0.2) is 18.5 Å². The van der Waals surface area contributed by atoms with Gasteiger partial charge in [-0.2, -0.15) is 0 Å². The summed E-state index contributed by atoms with van der Waals surface area (Å²) >= 11 is 0. The third-order valence-corrected chi connectivity index (χ3v) is 1.59. The highest BCUT2D eigenvalue weighted by molar-refractivity contribution is 5.87. The molecule has 0 atom stereocenters. The molecule has 0 aliphatic heterocycles. The molecule has 5 nitrogen and oxygen atoms in total. The maximum absolute atomic E-state index is 10.7. The second kappa shape index (κ2) is 2.85. The maximum atomic E-state index is 10.7. The molecule has 0 aliphatic carbocycles. The van der Waals surface area contributed by atoms with Gasteiger partial charge in [-0.1, -0.05) is 0 Å². The Bertz CT molecular complexity index is 448. The SMILES string of the molecule is CC(=O)Nc1ncc2[nH]ccc2n1. The Morgan fingerprint density at radius 3 is 3.23 bits per heavy atom. The standard InChI is InChI=1S/C8H8N4O/c1-5(13)11-8-10-4-7-6(12-8)2-3-9-7/h2-4,9H,1H3,(H,10,11,12,13). The van der Waals surface area contributed by atoms with Crippen molar-refractivity contribution in [3.05, 3.63) is 18.5 Å². The van der Waals surface area contributed by atoms with Crippen molar-refractivity contribution in [3.63, 3.8) is 0 Å². The number of hydrogen-bond acceptors (Lipinski definition) is 3. The number of carbonyl (C=O) groups excluding carboxylic acids is 1. The van der Waals surface area contributed by atoms with E-state index in [-0.39, 0.29) is 5.91 Å². The molecule has 0 fully saturated rings. The van der Waals surface area contributed by atoms with Crippen molar-refractivity contribution in [2.24, 2.45) is 0 Å². The van der Waals surface area contributed by atoms with Crippen LogP contribution < -0.4 is 5.32 Å². The maximum Gasteiger partial charge on any atom is 0.230 e. The normalized spacial score (nSPS) is 10.2. The Hall–Kier alpha value is -1.91. The average Bonchev–Trinajstić information content (AvgIpc) is 2.49.